The largest absolute Gasteiger partial charge is 0.464 e. The maximum Gasteiger partial charge on any atom is 0.136 e. The summed E-state index contributed by atoms with van der Waals surface area (Å²) in [5, 5.41) is 8.06. The van der Waals surface area contributed by atoms with Crippen molar-refractivity contribution in [3.8, 4) is 5.75 Å². The number of allylic oxidation sites excluding steroid dienone is 1. The topological polar surface area (TPSA) is 34.0 Å². The highest BCUT2D eigenvalue weighted by molar-refractivity contribution is 6.16. The monoisotopic (exact) mass is 184 g/mol. The molecule has 1 aromatic rings. The van der Waals surface area contributed by atoms with Crippen LogP contribution in [-0.2, 0) is 0 Å². The summed E-state index contributed by atoms with van der Waals surface area (Å²) in [7, 11) is 0. The van der Waals surface area contributed by atoms with Crippen LogP contribution in [0, 0.1) is 0 Å². The zero-order valence-electron chi connectivity index (χ0n) is 7.47. The third kappa shape index (κ3) is 0.988. The molecule has 0 aliphatic carbocycles. The second kappa shape index (κ2) is 2.80. The molecule has 0 radical (unpaired) electrons. The Morgan fingerprint density at radius 1 is 1.21 bits per heavy atom. The molecule has 1 aromatic carbocycles. The Balaban J connectivity index is 2.22. The van der Waals surface area contributed by atoms with Crippen molar-refractivity contribution in [2.75, 3.05) is 0 Å². The van der Waals surface area contributed by atoms with Crippen molar-refractivity contribution in [2.45, 2.75) is 6.42 Å². The Morgan fingerprint density at radius 2 is 2.14 bits per heavy atom. The molecule has 68 valence electrons. The van der Waals surface area contributed by atoms with Gasteiger partial charge in [0.05, 0.1) is 6.26 Å². The van der Waals surface area contributed by atoms with E-state index in [0.717, 1.165) is 29.0 Å². The molecule has 0 atom stereocenters. The molecule has 2 aliphatic heterocycles. The molecule has 3 nitrogen and oxygen atoms in total. The lowest BCUT2D eigenvalue weighted by Crippen LogP contribution is -2.15. The van der Waals surface area contributed by atoms with E-state index >= 15 is 0 Å². The van der Waals surface area contributed by atoms with Gasteiger partial charge in [0, 0.05) is 23.8 Å². The zero-order chi connectivity index (χ0) is 9.38. The number of para-hydroxylation sites is 1. The molecule has 2 heterocycles. The Morgan fingerprint density at radius 3 is 3.14 bits per heavy atom. The summed E-state index contributed by atoms with van der Waals surface area (Å²) in [5.41, 5.74) is 3.06. The first kappa shape index (κ1) is 7.50. The molecule has 3 rings (SSSR count). The summed E-state index contributed by atoms with van der Waals surface area (Å²) in [4.78, 5) is 0. The molecule has 0 amide bonds. The molecule has 0 bridgehead atoms. The highest BCUT2D eigenvalue weighted by atomic mass is 16.5. The van der Waals surface area contributed by atoms with Crippen LogP contribution in [0.4, 0.5) is 0 Å². The Labute approximate surface area is 81.4 Å². The first-order chi connectivity index (χ1) is 6.95. The lowest BCUT2D eigenvalue weighted by molar-refractivity contribution is 0.471. The molecule has 3 heteroatoms. The minimum atomic E-state index is 0.799. The van der Waals surface area contributed by atoms with E-state index in [9.17, 15) is 0 Å². The Bertz CT molecular complexity index is 472. The predicted molar refractivity (Wildman–Crippen MR) is 54.8 cm³/mol. The maximum atomic E-state index is 5.49. The van der Waals surface area contributed by atoms with Crippen molar-refractivity contribution in [1.29, 1.82) is 0 Å². The van der Waals surface area contributed by atoms with E-state index in [1.165, 1.54) is 0 Å². The highest BCUT2D eigenvalue weighted by Crippen LogP contribution is 2.28. The molecule has 14 heavy (non-hydrogen) atoms. The Kier molecular flexibility index (Phi) is 1.50. The number of fused-ring (bicyclic) bond motifs is 3. The van der Waals surface area contributed by atoms with Gasteiger partial charge in [-0.1, -0.05) is 12.1 Å². The smallest absolute Gasteiger partial charge is 0.136 e. The van der Waals surface area contributed by atoms with Gasteiger partial charge in [0.1, 0.15) is 11.5 Å². The molecule has 0 saturated carbocycles. The second-order valence-corrected chi connectivity index (χ2v) is 3.21. The van der Waals surface area contributed by atoms with Crippen molar-refractivity contribution in [3.05, 3.63) is 41.7 Å². The quantitative estimate of drug-likeness (QED) is 0.608. The van der Waals surface area contributed by atoms with Gasteiger partial charge >= 0.3 is 0 Å². The highest BCUT2D eigenvalue weighted by Gasteiger charge is 2.20. The number of nitrogens with zero attached hydrogens (tertiary/aromatic N) is 2. The fourth-order valence-electron chi connectivity index (χ4n) is 1.63. The maximum absolute atomic E-state index is 5.49. The van der Waals surface area contributed by atoms with Crippen LogP contribution in [0.5, 0.6) is 5.75 Å². The van der Waals surface area contributed by atoms with Crippen LogP contribution in [0.1, 0.15) is 12.0 Å². The van der Waals surface area contributed by atoms with Crippen molar-refractivity contribution in [2.24, 2.45) is 10.2 Å². The van der Waals surface area contributed by atoms with E-state index < -0.39 is 0 Å². The van der Waals surface area contributed by atoms with Crippen molar-refractivity contribution >= 4 is 11.9 Å². The fraction of sp³-hybridized carbons (Fsp3) is 0.0909. The van der Waals surface area contributed by atoms with E-state index in [-0.39, 0.29) is 0 Å². The Hall–Kier alpha value is -1.90. The molecule has 2 aliphatic rings. The molecule has 0 fully saturated rings. The van der Waals surface area contributed by atoms with Gasteiger partial charge < -0.3 is 4.74 Å². The first-order valence-corrected chi connectivity index (χ1v) is 4.50. The number of hydrogen-bond donors (Lipinski definition) is 0. The second-order valence-electron chi connectivity index (χ2n) is 3.21. The standard InChI is InChI=1S/C11H8N2O/c1-2-4-10-9(3-1)11-8(7-14-10)5-6-12-13-11/h1-4,6-7H,5H2. The van der Waals surface area contributed by atoms with Gasteiger partial charge in [-0.15, -0.1) is 0 Å². The molecule has 0 aromatic heterocycles. The van der Waals surface area contributed by atoms with Crippen LogP contribution in [-0.4, -0.2) is 11.9 Å². The molecular weight excluding hydrogens is 176 g/mol. The molecule has 0 unspecified atom stereocenters. The third-order valence-electron chi connectivity index (χ3n) is 2.33. The number of rotatable bonds is 0. The fourth-order valence-corrected chi connectivity index (χ4v) is 1.63. The van der Waals surface area contributed by atoms with Crippen LogP contribution in [0.3, 0.4) is 0 Å². The minimum Gasteiger partial charge on any atom is -0.464 e. The van der Waals surface area contributed by atoms with E-state index in [1.807, 2.05) is 24.3 Å². The lowest BCUT2D eigenvalue weighted by Gasteiger charge is -2.19. The normalized spacial score (nSPS) is 17.4. The van der Waals surface area contributed by atoms with Crippen molar-refractivity contribution in [1.82, 2.24) is 0 Å². The third-order valence-corrected chi connectivity index (χ3v) is 2.33. The number of ether oxygens (including phenoxy) is 1. The minimum absolute atomic E-state index is 0.799. The predicted octanol–water partition coefficient (Wildman–Crippen LogP) is 2.14. The molecule has 0 N–H and O–H groups in total. The van der Waals surface area contributed by atoms with Gasteiger partial charge in [-0.3, -0.25) is 0 Å². The van der Waals surface area contributed by atoms with E-state index in [0.29, 0.717) is 0 Å². The summed E-state index contributed by atoms with van der Waals surface area (Å²) in [6.07, 6.45) is 4.34. The molecular formula is C11H8N2O. The van der Waals surface area contributed by atoms with E-state index in [1.54, 1.807) is 12.5 Å². The van der Waals surface area contributed by atoms with Gasteiger partial charge in [0.2, 0.25) is 0 Å². The molecule has 0 saturated heterocycles. The zero-order valence-corrected chi connectivity index (χ0v) is 7.47. The summed E-state index contributed by atoms with van der Waals surface area (Å²) in [6.45, 7) is 0. The van der Waals surface area contributed by atoms with Gasteiger partial charge in [0.15, 0.2) is 0 Å². The van der Waals surface area contributed by atoms with E-state index in [2.05, 4.69) is 10.2 Å². The van der Waals surface area contributed by atoms with Crippen LogP contribution in [0.25, 0.3) is 0 Å². The van der Waals surface area contributed by atoms with Crippen LogP contribution in [0.2, 0.25) is 0 Å². The van der Waals surface area contributed by atoms with Crippen molar-refractivity contribution in [3.63, 3.8) is 0 Å². The first-order valence-electron chi connectivity index (χ1n) is 4.50. The van der Waals surface area contributed by atoms with Gasteiger partial charge in [-0.05, 0) is 12.1 Å². The van der Waals surface area contributed by atoms with Crippen LogP contribution in [0.15, 0.2) is 46.3 Å². The SMILES string of the molecule is C1=NN=C2C(=COc3ccccc32)C1. The summed E-state index contributed by atoms with van der Waals surface area (Å²) in [5.74, 6) is 0.854. The van der Waals surface area contributed by atoms with Crippen molar-refractivity contribution < 1.29 is 4.74 Å². The summed E-state index contributed by atoms with van der Waals surface area (Å²) < 4.78 is 5.49. The van der Waals surface area contributed by atoms with Gasteiger partial charge in [-0.2, -0.15) is 10.2 Å². The summed E-state index contributed by atoms with van der Waals surface area (Å²) >= 11 is 0. The van der Waals surface area contributed by atoms with Crippen LogP contribution < -0.4 is 4.74 Å². The number of hydrogen-bond acceptors (Lipinski definition) is 3. The summed E-state index contributed by atoms with van der Waals surface area (Å²) in [6, 6.07) is 7.86. The lowest BCUT2D eigenvalue weighted by atomic mass is 9.98. The van der Waals surface area contributed by atoms with Crippen LogP contribution >= 0.6 is 0 Å². The average Bonchev–Trinajstić information content (AvgIpc) is 2.29. The molecule has 0 spiro atoms. The van der Waals surface area contributed by atoms with E-state index in [4.69, 9.17) is 4.74 Å². The average molecular weight is 184 g/mol. The van der Waals surface area contributed by atoms with Gasteiger partial charge in [-0.25, -0.2) is 0 Å². The van der Waals surface area contributed by atoms with Gasteiger partial charge in [0.25, 0.3) is 0 Å². The number of benzene rings is 1.